The van der Waals surface area contributed by atoms with Gasteiger partial charge < -0.3 is 10.1 Å². The molecule has 3 rings (SSSR count). The Morgan fingerprint density at radius 3 is 3.10 bits per heavy atom. The summed E-state index contributed by atoms with van der Waals surface area (Å²) in [7, 11) is 0. The largest absolute Gasteiger partial charge is 0.381 e. The molecule has 1 aliphatic rings. The van der Waals surface area contributed by atoms with E-state index in [0.29, 0.717) is 13.2 Å². The number of thiazole rings is 1. The molecule has 1 amide bonds. The van der Waals surface area contributed by atoms with Crippen LogP contribution in [-0.2, 0) is 16.0 Å². The number of hydrogen-bond donors (Lipinski definition) is 1. The van der Waals surface area contributed by atoms with E-state index in [1.165, 1.54) is 4.88 Å². The smallest absolute Gasteiger partial charge is 0.226 e. The maximum absolute atomic E-state index is 12.3. The van der Waals surface area contributed by atoms with Crippen molar-refractivity contribution >= 4 is 28.6 Å². The number of carbonyl (C=O) groups excluding carboxylic acids is 1. The summed E-state index contributed by atoms with van der Waals surface area (Å²) in [5.41, 5.74) is 0. The van der Waals surface area contributed by atoms with Gasteiger partial charge in [-0.05, 0) is 17.9 Å². The molecule has 0 radical (unpaired) electrons. The number of carbonyl (C=O) groups is 1. The molecule has 0 spiro atoms. The summed E-state index contributed by atoms with van der Waals surface area (Å²) < 4.78 is 5.28. The molecule has 2 unspecified atom stereocenters. The molecule has 1 aliphatic heterocycles. The van der Waals surface area contributed by atoms with E-state index < -0.39 is 0 Å². The van der Waals surface area contributed by atoms with Crippen molar-refractivity contribution < 1.29 is 9.53 Å². The van der Waals surface area contributed by atoms with Crippen LogP contribution < -0.4 is 5.32 Å². The number of hydrogen-bond acceptors (Lipinski definition) is 5. The lowest BCUT2D eigenvalue weighted by atomic mass is 10.1. The van der Waals surface area contributed by atoms with Gasteiger partial charge in [0.15, 0.2) is 0 Å². The Labute approximate surface area is 125 Å². The van der Waals surface area contributed by atoms with E-state index in [-0.39, 0.29) is 17.9 Å². The van der Waals surface area contributed by atoms with Gasteiger partial charge in [0.1, 0.15) is 5.01 Å². The first kappa shape index (κ1) is 13.7. The van der Waals surface area contributed by atoms with E-state index in [0.717, 1.165) is 17.8 Å². The summed E-state index contributed by atoms with van der Waals surface area (Å²) in [6.07, 6.45) is 3.40. The molecule has 1 N–H and O–H groups in total. The molecule has 0 bridgehead atoms. The molecule has 0 aromatic carbocycles. The van der Waals surface area contributed by atoms with E-state index in [1.54, 1.807) is 28.9 Å². The molecular weight excluding hydrogens is 292 g/mol. The van der Waals surface area contributed by atoms with Gasteiger partial charge in [-0.15, -0.1) is 22.7 Å². The van der Waals surface area contributed by atoms with E-state index in [4.69, 9.17) is 4.74 Å². The summed E-state index contributed by atoms with van der Waals surface area (Å²) in [4.78, 5) is 17.9. The van der Waals surface area contributed by atoms with Gasteiger partial charge in [-0.2, -0.15) is 0 Å². The van der Waals surface area contributed by atoms with Crippen molar-refractivity contribution in [1.82, 2.24) is 10.3 Å². The summed E-state index contributed by atoms with van der Waals surface area (Å²) in [6.45, 7) is 1.22. The molecule has 6 heteroatoms. The second kappa shape index (κ2) is 6.47. The molecule has 2 aromatic rings. The zero-order valence-electron chi connectivity index (χ0n) is 11.0. The maximum atomic E-state index is 12.3. The van der Waals surface area contributed by atoms with E-state index in [9.17, 15) is 4.79 Å². The third kappa shape index (κ3) is 3.26. The van der Waals surface area contributed by atoms with Gasteiger partial charge in [0, 0.05) is 29.5 Å². The van der Waals surface area contributed by atoms with Crippen LogP contribution >= 0.6 is 22.7 Å². The standard InChI is InChI=1S/C14H16N2O2S2/c17-13(10-3-5-18-9-10)16-12(14-15-4-7-20-14)8-11-2-1-6-19-11/h1-2,4,6-7,10,12H,3,5,8-9H2,(H,16,17). The number of amides is 1. The third-order valence-corrected chi connectivity index (χ3v) is 5.14. The zero-order valence-corrected chi connectivity index (χ0v) is 12.6. The van der Waals surface area contributed by atoms with Gasteiger partial charge in [-0.25, -0.2) is 4.98 Å². The average Bonchev–Trinajstić information content (AvgIpc) is 3.20. The molecule has 20 heavy (non-hydrogen) atoms. The van der Waals surface area contributed by atoms with Gasteiger partial charge in [0.25, 0.3) is 0 Å². The first-order valence-corrected chi connectivity index (χ1v) is 8.39. The number of aromatic nitrogens is 1. The van der Waals surface area contributed by atoms with Gasteiger partial charge in [-0.1, -0.05) is 6.07 Å². The van der Waals surface area contributed by atoms with E-state index in [2.05, 4.69) is 21.7 Å². The monoisotopic (exact) mass is 308 g/mol. The molecule has 2 atom stereocenters. The van der Waals surface area contributed by atoms with Crippen LogP contribution in [0.1, 0.15) is 22.3 Å². The first-order valence-electron chi connectivity index (χ1n) is 6.63. The minimum atomic E-state index is -0.0400. The molecule has 1 fully saturated rings. The van der Waals surface area contributed by atoms with Gasteiger partial charge in [0.2, 0.25) is 5.91 Å². The van der Waals surface area contributed by atoms with E-state index in [1.807, 2.05) is 11.4 Å². The predicted octanol–water partition coefficient (Wildman–Crippen LogP) is 2.64. The molecule has 1 saturated heterocycles. The van der Waals surface area contributed by atoms with Crippen molar-refractivity contribution in [3.63, 3.8) is 0 Å². The normalized spacial score (nSPS) is 19.9. The van der Waals surface area contributed by atoms with Crippen LogP contribution in [-0.4, -0.2) is 24.1 Å². The van der Waals surface area contributed by atoms with Crippen molar-refractivity contribution in [2.24, 2.45) is 5.92 Å². The highest BCUT2D eigenvalue weighted by Crippen LogP contribution is 2.24. The molecule has 4 nitrogen and oxygen atoms in total. The summed E-state index contributed by atoms with van der Waals surface area (Å²) >= 11 is 3.29. The Kier molecular flexibility index (Phi) is 4.44. The molecular formula is C14H16N2O2S2. The van der Waals surface area contributed by atoms with Crippen LogP contribution in [0.4, 0.5) is 0 Å². The van der Waals surface area contributed by atoms with Crippen LogP contribution in [0.5, 0.6) is 0 Å². The fourth-order valence-corrected chi connectivity index (χ4v) is 3.71. The number of ether oxygens (including phenoxy) is 1. The first-order chi connectivity index (χ1) is 9.83. The highest BCUT2D eigenvalue weighted by molar-refractivity contribution is 7.10. The number of thiophene rings is 1. The average molecular weight is 308 g/mol. The van der Waals surface area contributed by atoms with E-state index >= 15 is 0 Å². The lowest BCUT2D eigenvalue weighted by Gasteiger charge is -2.18. The number of nitrogens with one attached hydrogen (secondary N) is 1. The number of rotatable bonds is 5. The van der Waals surface area contributed by atoms with Crippen molar-refractivity contribution in [1.29, 1.82) is 0 Å². The van der Waals surface area contributed by atoms with Crippen molar-refractivity contribution in [3.05, 3.63) is 39.0 Å². The van der Waals surface area contributed by atoms with Crippen molar-refractivity contribution in [3.8, 4) is 0 Å². The van der Waals surface area contributed by atoms with Crippen molar-refractivity contribution in [2.45, 2.75) is 18.9 Å². The van der Waals surface area contributed by atoms with Gasteiger partial charge >= 0.3 is 0 Å². The Bertz CT molecular complexity index is 534. The Hall–Kier alpha value is -1.24. The fourth-order valence-electron chi connectivity index (χ4n) is 2.27. The third-order valence-electron chi connectivity index (χ3n) is 3.35. The minimum Gasteiger partial charge on any atom is -0.381 e. The second-order valence-corrected chi connectivity index (χ2v) is 6.73. The SMILES string of the molecule is O=C(NC(Cc1cccs1)c1nccs1)C1CCOC1. The second-order valence-electron chi connectivity index (χ2n) is 4.78. The predicted molar refractivity (Wildman–Crippen MR) is 79.9 cm³/mol. The highest BCUT2D eigenvalue weighted by atomic mass is 32.1. The molecule has 106 valence electrons. The maximum Gasteiger partial charge on any atom is 0.226 e. The summed E-state index contributed by atoms with van der Waals surface area (Å²) in [5, 5.41) is 8.10. The summed E-state index contributed by atoms with van der Waals surface area (Å²) in [6, 6.07) is 4.09. The molecule has 2 aromatic heterocycles. The summed E-state index contributed by atoms with van der Waals surface area (Å²) in [5.74, 6) is 0.0695. The molecule has 3 heterocycles. The molecule has 0 aliphatic carbocycles. The van der Waals surface area contributed by atoms with Crippen LogP contribution in [0.2, 0.25) is 0 Å². The molecule has 0 saturated carbocycles. The Morgan fingerprint density at radius 1 is 1.50 bits per heavy atom. The Morgan fingerprint density at radius 2 is 2.45 bits per heavy atom. The fraction of sp³-hybridized carbons (Fsp3) is 0.429. The van der Waals surface area contributed by atoms with Crippen LogP contribution in [0, 0.1) is 5.92 Å². The zero-order chi connectivity index (χ0) is 13.8. The lowest BCUT2D eigenvalue weighted by Crippen LogP contribution is -2.35. The van der Waals surface area contributed by atoms with Crippen LogP contribution in [0.25, 0.3) is 0 Å². The van der Waals surface area contributed by atoms with Crippen LogP contribution in [0.3, 0.4) is 0 Å². The topological polar surface area (TPSA) is 51.2 Å². The number of nitrogens with zero attached hydrogens (tertiary/aromatic N) is 1. The lowest BCUT2D eigenvalue weighted by molar-refractivity contribution is -0.125. The Balaban J connectivity index is 1.70. The quantitative estimate of drug-likeness (QED) is 0.924. The van der Waals surface area contributed by atoms with Gasteiger partial charge in [0.05, 0.1) is 18.6 Å². The van der Waals surface area contributed by atoms with Gasteiger partial charge in [-0.3, -0.25) is 4.79 Å². The minimum absolute atomic E-state index is 0.0132. The van der Waals surface area contributed by atoms with Crippen molar-refractivity contribution in [2.75, 3.05) is 13.2 Å². The highest BCUT2D eigenvalue weighted by Gasteiger charge is 2.27. The van der Waals surface area contributed by atoms with Crippen LogP contribution in [0.15, 0.2) is 29.1 Å².